The van der Waals surface area contributed by atoms with Crippen molar-refractivity contribution in [3.63, 3.8) is 0 Å². The highest BCUT2D eigenvalue weighted by molar-refractivity contribution is 5.79. The number of amides is 1. The second-order valence-electron chi connectivity index (χ2n) is 6.01. The van der Waals surface area contributed by atoms with E-state index in [1.165, 1.54) is 6.92 Å². The summed E-state index contributed by atoms with van der Waals surface area (Å²) in [5, 5.41) is 15.5. The molecule has 0 saturated heterocycles. The van der Waals surface area contributed by atoms with Crippen LogP contribution in [0.15, 0.2) is 30.3 Å². The summed E-state index contributed by atoms with van der Waals surface area (Å²) in [5.74, 6) is -1.32. The van der Waals surface area contributed by atoms with E-state index in [0.717, 1.165) is 5.56 Å². The third kappa shape index (κ3) is 4.87. The number of hydrogen-bond donors (Lipinski definition) is 2. The predicted octanol–water partition coefficient (Wildman–Crippen LogP) is 3.16. The van der Waals surface area contributed by atoms with Crippen LogP contribution in [0, 0.1) is 13.8 Å². The number of alkyl halides is 2. The lowest BCUT2D eigenvalue weighted by Gasteiger charge is -2.18. The molecule has 8 heteroatoms. The van der Waals surface area contributed by atoms with Gasteiger partial charge in [0, 0.05) is 17.7 Å². The van der Waals surface area contributed by atoms with Crippen LogP contribution in [-0.4, -0.2) is 26.8 Å². The Morgan fingerprint density at radius 3 is 2.42 bits per heavy atom. The summed E-state index contributed by atoms with van der Waals surface area (Å²) in [6.07, 6.45) is 0.0430. The van der Waals surface area contributed by atoms with Gasteiger partial charge >= 0.3 is 12.5 Å². The first-order chi connectivity index (χ1) is 12.3. The molecule has 6 nitrogen and oxygen atoms in total. The van der Waals surface area contributed by atoms with Gasteiger partial charge in [-0.2, -0.15) is 13.9 Å². The molecule has 0 aliphatic heterocycles. The molecule has 0 saturated carbocycles. The van der Waals surface area contributed by atoms with Crippen LogP contribution in [-0.2, 0) is 16.0 Å². The normalized spacial score (nSPS) is 12.2. The van der Waals surface area contributed by atoms with Gasteiger partial charge in [0.15, 0.2) is 0 Å². The monoisotopic (exact) mass is 365 g/mol. The highest BCUT2D eigenvalue weighted by Gasteiger charge is 2.21. The number of aryl methyl sites for hydroxylation is 1. The third-order valence-electron chi connectivity index (χ3n) is 4.18. The van der Waals surface area contributed by atoms with Crippen molar-refractivity contribution in [3.05, 3.63) is 52.8 Å². The maximum Gasteiger partial charge on any atom is 0.333 e. The molecule has 2 N–H and O–H groups in total. The minimum atomic E-state index is -2.77. The van der Waals surface area contributed by atoms with Crippen molar-refractivity contribution >= 4 is 11.9 Å². The predicted molar refractivity (Wildman–Crippen MR) is 90.9 cm³/mol. The zero-order valence-electron chi connectivity index (χ0n) is 14.6. The molecular weight excluding hydrogens is 344 g/mol. The fourth-order valence-corrected chi connectivity index (χ4v) is 2.82. The molecule has 1 amide bonds. The number of nitrogens with zero attached hydrogens (tertiary/aromatic N) is 2. The Morgan fingerprint density at radius 1 is 1.23 bits per heavy atom. The molecule has 1 aromatic heterocycles. The fourth-order valence-electron chi connectivity index (χ4n) is 2.82. The average molecular weight is 365 g/mol. The number of halogens is 2. The van der Waals surface area contributed by atoms with Crippen LogP contribution in [0.5, 0.6) is 0 Å². The summed E-state index contributed by atoms with van der Waals surface area (Å²) in [6.45, 7) is 0.305. The maximum absolute atomic E-state index is 12.9. The standard InChI is InChI=1S/C18H21F2N3O3/c1-11-14(12(2)23(22-11)18(19)20)10-16(24)21-15(8-9-17(25)26)13-6-4-3-5-7-13/h3-7,15,18H,8-10H2,1-2H3,(H,21,24)(H,25,26). The van der Waals surface area contributed by atoms with E-state index in [4.69, 9.17) is 5.11 Å². The first kappa shape index (κ1) is 19.6. The van der Waals surface area contributed by atoms with Gasteiger partial charge in [-0.05, 0) is 25.8 Å². The molecule has 140 valence electrons. The van der Waals surface area contributed by atoms with Crippen LogP contribution in [0.2, 0.25) is 0 Å². The van der Waals surface area contributed by atoms with Crippen molar-refractivity contribution in [1.82, 2.24) is 15.1 Å². The van der Waals surface area contributed by atoms with Gasteiger partial charge in [0.2, 0.25) is 5.91 Å². The lowest BCUT2D eigenvalue weighted by Crippen LogP contribution is -2.30. The smallest absolute Gasteiger partial charge is 0.333 e. The fraction of sp³-hybridized carbons (Fsp3) is 0.389. The van der Waals surface area contributed by atoms with E-state index in [-0.39, 0.29) is 30.9 Å². The summed E-state index contributed by atoms with van der Waals surface area (Å²) < 4.78 is 26.4. The van der Waals surface area contributed by atoms with E-state index in [1.807, 2.05) is 6.07 Å². The first-order valence-electron chi connectivity index (χ1n) is 8.18. The SMILES string of the molecule is Cc1nn(C(F)F)c(C)c1CC(=O)NC(CCC(=O)O)c1ccccc1. The quantitative estimate of drug-likeness (QED) is 0.753. The van der Waals surface area contributed by atoms with Crippen molar-refractivity contribution in [2.24, 2.45) is 0 Å². The van der Waals surface area contributed by atoms with Gasteiger partial charge in [0.25, 0.3) is 0 Å². The molecule has 1 unspecified atom stereocenters. The zero-order valence-corrected chi connectivity index (χ0v) is 14.6. The molecule has 2 rings (SSSR count). The number of carboxylic acids is 1. The number of benzene rings is 1. The van der Waals surface area contributed by atoms with Gasteiger partial charge in [-0.25, -0.2) is 4.68 Å². The van der Waals surface area contributed by atoms with Gasteiger partial charge in [0.1, 0.15) is 0 Å². The first-order valence-corrected chi connectivity index (χ1v) is 8.18. The van der Waals surface area contributed by atoms with E-state index < -0.39 is 18.6 Å². The van der Waals surface area contributed by atoms with Crippen molar-refractivity contribution < 1.29 is 23.5 Å². The molecule has 0 aliphatic rings. The molecule has 0 fully saturated rings. The van der Waals surface area contributed by atoms with Crippen LogP contribution in [0.3, 0.4) is 0 Å². The molecule has 0 bridgehead atoms. The minimum Gasteiger partial charge on any atom is -0.481 e. The van der Waals surface area contributed by atoms with Crippen molar-refractivity contribution in [2.75, 3.05) is 0 Å². The van der Waals surface area contributed by atoms with Gasteiger partial charge < -0.3 is 10.4 Å². The van der Waals surface area contributed by atoms with Crippen molar-refractivity contribution in [2.45, 2.75) is 45.7 Å². The van der Waals surface area contributed by atoms with Crippen molar-refractivity contribution in [1.29, 1.82) is 0 Å². The van der Waals surface area contributed by atoms with Crippen LogP contribution in [0.1, 0.15) is 47.9 Å². The number of carbonyl (C=O) groups excluding carboxylic acids is 1. The number of nitrogens with one attached hydrogen (secondary N) is 1. The largest absolute Gasteiger partial charge is 0.481 e. The molecule has 26 heavy (non-hydrogen) atoms. The van der Waals surface area contributed by atoms with Crippen LogP contribution >= 0.6 is 0 Å². The maximum atomic E-state index is 12.9. The summed E-state index contributed by atoms with van der Waals surface area (Å²) in [4.78, 5) is 23.3. The average Bonchev–Trinajstić information content (AvgIpc) is 2.87. The van der Waals surface area contributed by atoms with Gasteiger partial charge in [-0.1, -0.05) is 30.3 Å². The second kappa shape index (κ2) is 8.55. The number of carbonyl (C=O) groups is 2. The van der Waals surface area contributed by atoms with Gasteiger partial charge in [-0.15, -0.1) is 0 Å². The molecule has 1 aromatic carbocycles. The van der Waals surface area contributed by atoms with Gasteiger partial charge in [-0.3, -0.25) is 9.59 Å². The Bertz CT molecular complexity index is 775. The highest BCUT2D eigenvalue weighted by Crippen LogP contribution is 2.22. The summed E-state index contributed by atoms with van der Waals surface area (Å²) in [5.41, 5.74) is 1.86. The summed E-state index contributed by atoms with van der Waals surface area (Å²) in [7, 11) is 0. The van der Waals surface area contributed by atoms with E-state index in [0.29, 0.717) is 15.9 Å². The third-order valence-corrected chi connectivity index (χ3v) is 4.18. The summed E-state index contributed by atoms with van der Waals surface area (Å²) in [6, 6.07) is 8.57. The van der Waals surface area contributed by atoms with E-state index in [1.54, 1.807) is 31.2 Å². The van der Waals surface area contributed by atoms with Crippen LogP contribution in [0.4, 0.5) is 8.78 Å². The van der Waals surface area contributed by atoms with Crippen molar-refractivity contribution in [3.8, 4) is 0 Å². The Hall–Kier alpha value is -2.77. The Kier molecular flexibility index (Phi) is 6.43. The Labute approximate surface area is 149 Å². The van der Waals surface area contributed by atoms with Crippen LogP contribution < -0.4 is 5.32 Å². The molecule has 1 atom stereocenters. The summed E-state index contributed by atoms with van der Waals surface area (Å²) >= 11 is 0. The van der Waals surface area contributed by atoms with Crippen LogP contribution in [0.25, 0.3) is 0 Å². The minimum absolute atomic E-state index is 0.0960. The number of rotatable bonds is 8. The van der Waals surface area contributed by atoms with Gasteiger partial charge in [0.05, 0.1) is 18.2 Å². The molecule has 0 radical (unpaired) electrons. The molecule has 2 aromatic rings. The molecular formula is C18H21F2N3O3. The van der Waals surface area contributed by atoms with E-state index >= 15 is 0 Å². The number of hydrogen-bond acceptors (Lipinski definition) is 3. The number of aliphatic carboxylic acids is 1. The molecule has 0 spiro atoms. The van der Waals surface area contributed by atoms with E-state index in [9.17, 15) is 18.4 Å². The molecule has 0 aliphatic carbocycles. The zero-order chi connectivity index (χ0) is 19.3. The Balaban J connectivity index is 2.13. The topological polar surface area (TPSA) is 84.2 Å². The lowest BCUT2D eigenvalue weighted by molar-refractivity contribution is -0.137. The second-order valence-corrected chi connectivity index (χ2v) is 6.01. The lowest BCUT2D eigenvalue weighted by atomic mass is 10.0. The number of aromatic nitrogens is 2. The van der Waals surface area contributed by atoms with E-state index in [2.05, 4.69) is 10.4 Å². The molecule has 1 heterocycles. The number of carboxylic acid groups (broad SMARTS) is 1. The highest BCUT2D eigenvalue weighted by atomic mass is 19.3. The Morgan fingerprint density at radius 2 is 1.88 bits per heavy atom.